The average molecular weight is 381 g/mol. The summed E-state index contributed by atoms with van der Waals surface area (Å²) in [4.78, 5) is 8.55. The zero-order valence-corrected chi connectivity index (χ0v) is 17.1. The lowest BCUT2D eigenvalue weighted by Gasteiger charge is -2.14. The van der Waals surface area contributed by atoms with Gasteiger partial charge in [0.25, 0.3) is 0 Å². The Kier molecular flexibility index (Phi) is 14.0. The van der Waals surface area contributed by atoms with Crippen molar-refractivity contribution >= 4 is 5.96 Å². The van der Waals surface area contributed by atoms with Crippen LogP contribution in [0.15, 0.2) is 23.3 Å². The van der Waals surface area contributed by atoms with Gasteiger partial charge in [-0.15, -0.1) is 0 Å². The molecule has 0 unspecified atom stereocenters. The van der Waals surface area contributed by atoms with Crippen LogP contribution in [0.2, 0.25) is 0 Å². The first-order valence-corrected chi connectivity index (χ1v) is 9.98. The van der Waals surface area contributed by atoms with Crippen LogP contribution in [0.1, 0.15) is 45.1 Å². The van der Waals surface area contributed by atoms with Crippen LogP contribution in [0.25, 0.3) is 0 Å². The molecule has 0 radical (unpaired) electrons. The van der Waals surface area contributed by atoms with Gasteiger partial charge in [-0.1, -0.05) is 32.8 Å². The first kappa shape index (κ1) is 23.2. The molecule has 0 aromatic carbocycles. The Morgan fingerprint density at radius 2 is 1.74 bits per heavy atom. The van der Waals surface area contributed by atoms with Gasteiger partial charge in [-0.05, 0) is 18.9 Å². The van der Waals surface area contributed by atoms with E-state index < -0.39 is 0 Å². The Labute approximate surface area is 163 Å². The lowest BCUT2D eigenvalue weighted by Crippen LogP contribution is -2.38. The number of nitrogens with one attached hydrogen (secondary N) is 2. The topological polar surface area (TPSA) is 77.0 Å². The number of ether oxygens (including phenoxy) is 3. The van der Waals surface area contributed by atoms with Gasteiger partial charge in [0.1, 0.15) is 0 Å². The van der Waals surface area contributed by atoms with Gasteiger partial charge >= 0.3 is 0 Å². The van der Waals surface area contributed by atoms with Gasteiger partial charge in [-0.2, -0.15) is 0 Å². The molecule has 1 aromatic heterocycles. The van der Waals surface area contributed by atoms with E-state index in [2.05, 4.69) is 34.5 Å². The molecule has 0 fully saturated rings. The van der Waals surface area contributed by atoms with Crippen molar-refractivity contribution in [3.05, 3.63) is 23.9 Å². The van der Waals surface area contributed by atoms with Crippen molar-refractivity contribution in [3.63, 3.8) is 0 Å². The van der Waals surface area contributed by atoms with Crippen LogP contribution in [-0.2, 0) is 16.0 Å². The number of guanidine groups is 1. The normalized spacial score (nSPS) is 11.4. The Morgan fingerprint density at radius 1 is 1.00 bits per heavy atom. The summed E-state index contributed by atoms with van der Waals surface area (Å²) in [5.74, 6) is 1.40. The number of pyridine rings is 1. The van der Waals surface area contributed by atoms with Gasteiger partial charge in [-0.25, -0.2) is 4.98 Å². The molecule has 1 heterocycles. The molecule has 27 heavy (non-hydrogen) atoms. The largest absolute Gasteiger partial charge is 0.477 e. The van der Waals surface area contributed by atoms with Crippen molar-refractivity contribution in [2.45, 2.75) is 46.1 Å². The molecule has 0 amide bonds. The van der Waals surface area contributed by atoms with Crippen molar-refractivity contribution in [1.82, 2.24) is 15.6 Å². The fraction of sp³-hybridized carbons (Fsp3) is 0.700. The molecule has 0 spiro atoms. The SMILES string of the molecule is CCCCOCCOCCNC(=NC)NCc1cccnc1OCCCC. The standard InChI is InChI=1S/C20H36N4O3/c1-4-6-12-25-15-16-26-14-11-23-20(21-3)24-17-18-9-8-10-22-19(18)27-13-7-5-2/h8-10H,4-7,11-17H2,1-3H3,(H2,21,23,24). The van der Waals surface area contributed by atoms with E-state index in [-0.39, 0.29) is 0 Å². The summed E-state index contributed by atoms with van der Waals surface area (Å²) in [5, 5.41) is 6.51. The Balaban J connectivity index is 2.21. The monoisotopic (exact) mass is 380 g/mol. The molecular weight excluding hydrogens is 344 g/mol. The van der Waals surface area contributed by atoms with Gasteiger partial charge in [0.15, 0.2) is 5.96 Å². The number of rotatable bonds is 15. The van der Waals surface area contributed by atoms with Gasteiger partial charge in [-0.3, -0.25) is 4.99 Å². The van der Waals surface area contributed by atoms with Crippen LogP contribution < -0.4 is 15.4 Å². The molecule has 7 nitrogen and oxygen atoms in total. The molecule has 0 bridgehead atoms. The van der Waals surface area contributed by atoms with Crippen LogP contribution >= 0.6 is 0 Å². The summed E-state index contributed by atoms with van der Waals surface area (Å²) in [6, 6.07) is 3.92. The van der Waals surface area contributed by atoms with E-state index >= 15 is 0 Å². The molecule has 154 valence electrons. The minimum Gasteiger partial charge on any atom is -0.477 e. The van der Waals surface area contributed by atoms with E-state index in [1.165, 1.54) is 0 Å². The first-order chi connectivity index (χ1) is 13.3. The Bertz CT molecular complexity index is 512. The summed E-state index contributed by atoms with van der Waals surface area (Å²) in [6.07, 6.45) is 6.13. The number of nitrogens with zero attached hydrogens (tertiary/aromatic N) is 2. The predicted molar refractivity (Wildman–Crippen MR) is 109 cm³/mol. The van der Waals surface area contributed by atoms with Gasteiger partial charge in [0.05, 0.1) is 26.4 Å². The minimum atomic E-state index is 0.598. The zero-order valence-electron chi connectivity index (χ0n) is 17.1. The second-order valence-corrected chi connectivity index (χ2v) is 6.10. The molecule has 0 saturated heterocycles. The summed E-state index contributed by atoms with van der Waals surface area (Å²) >= 11 is 0. The highest BCUT2D eigenvalue weighted by Crippen LogP contribution is 2.14. The van der Waals surface area contributed by atoms with Crippen molar-refractivity contribution in [2.24, 2.45) is 4.99 Å². The number of hydrogen-bond acceptors (Lipinski definition) is 5. The maximum Gasteiger partial charge on any atom is 0.218 e. The van der Waals surface area contributed by atoms with Crippen molar-refractivity contribution in [2.75, 3.05) is 46.6 Å². The lowest BCUT2D eigenvalue weighted by atomic mass is 10.2. The smallest absolute Gasteiger partial charge is 0.218 e. The molecule has 0 aliphatic carbocycles. The molecule has 0 aliphatic heterocycles. The van der Waals surface area contributed by atoms with Crippen molar-refractivity contribution < 1.29 is 14.2 Å². The second kappa shape index (κ2) is 16.3. The van der Waals surface area contributed by atoms with E-state index in [1.807, 2.05) is 12.1 Å². The van der Waals surface area contributed by atoms with E-state index in [9.17, 15) is 0 Å². The molecule has 7 heteroatoms. The van der Waals surface area contributed by atoms with Crippen LogP contribution in [0, 0.1) is 0 Å². The van der Waals surface area contributed by atoms with Crippen LogP contribution in [0.4, 0.5) is 0 Å². The zero-order chi connectivity index (χ0) is 19.6. The van der Waals surface area contributed by atoms with Gasteiger partial charge < -0.3 is 24.8 Å². The van der Waals surface area contributed by atoms with Crippen molar-refractivity contribution in [3.8, 4) is 5.88 Å². The molecule has 0 saturated carbocycles. The number of aliphatic imine (C=N–C) groups is 1. The summed E-state index contributed by atoms with van der Waals surface area (Å²) in [6.45, 7) is 8.95. The summed E-state index contributed by atoms with van der Waals surface area (Å²) < 4.78 is 16.8. The van der Waals surface area contributed by atoms with E-state index in [0.717, 1.165) is 43.8 Å². The predicted octanol–water partition coefficient (Wildman–Crippen LogP) is 2.76. The molecule has 2 N–H and O–H groups in total. The van der Waals surface area contributed by atoms with Gasteiger partial charge in [0, 0.05) is 38.5 Å². The molecule has 1 aromatic rings. The third-order valence-corrected chi connectivity index (χ3v) is 3.81. The van der Waals surface area contributed by atoms with Gasteiger partial charge in [0.2, 0.25) is 5.88 Å². The highest BCUT2D eigenvalue weighted by molar-refractivity contribution is 5.79. The summed E-state index contributed by atoms with van der Waals surface area (Å²) in [7, 11) is 1.75. The quantitative estimate of drug-likeness (QED) is 0.277. The molecular formula is C20H36N4O3. The lowest BCUT2D eigenvalue weighted by molar-refractivity contribution is 0.0487. The Morgan fingerprint density at radius 3 is 2.48 bits per heavy atom. The second-order valence-electron chi connectivity index (χ2n) is 6.10. The third-order valence-electron chi connectivity index (χ3n) is 3.81. The van der Waals surface area contributed by atoms with Crippen LogP contribution in [-0.4, -0.2) is 57.6 Å². The Hall–Kier alpha value is -1.86. The average Bonchev–Trinajstić information content (AvgIpc) is 2.70. The highest BCUT2D eigenvalue weighted by Gasteiger charge is 2.06. The molecule has 1 rings (SSSR count). The maximum absolute atomic E-state index is 5.76. The first-order valence-electron chi connectivity index (χ1n) is 9.98. The fourth-order valence-electron chi connectivity index (χ4n) is 2.21. The number of unbranched alkanes of at least 4 members (excludes halogenated alkanes) is 2. The summed E-state index contributed by atoms with van der Waals surface area (Å²) in [5.41, 5.74) is 1.01. The van der Waals surface area contributed by atoms with E-state index in [4.69, 9.17) is 14.2 Å². The number of aromatic nitrogens is 1. The molecule has 0 aliphatic rings. The highest BCUT2D eigenvalue weighted by atomic mass is 16.5. The van der Waals surface area contributed by atoms with Crippen LogP contribution in [0.3, 0.4) is 0 Å². The maximum atomic E-state index is 5.76. The third kappa shape index (κ3) is 11.5. The van der Waals surface area contributed by atoms with Crippen molar-refractivity contribution in [1.29, 1.82) is 0 Å². The van der Waals surface area contributed by atoms with E-state index in [1.54, 1.807) is 13.2 Å². The van der Waals surface area contributed by atoms with E-state index in [0.29, 0.717) is 45.4 Å². The minimum absolute atomic E-state index is 0.598. The fourth-order valence-corrected chi connectivity index (χ4v) is 2.21. The van der Waals surface area contributed by atoms with Crippen LogP contribution in [0.5, 0.6) is 5.88 Å². The molecule has 0 atom stereocenters. The number of hydrogen-bond donors (Lipinski definition) is 2.